The first-order valence-electron chi connectivity index (χ1n) is 14.5. The molecule has 2 aliphatic rings. The summed E-state index contributed by atoms with van der Waals surface area (Å²) in [5.41, 5.74) is 3.72. The molecule has 2 atom stereocenters. The molecule has 228 valence electrons. The van der Waals surface area contributed by atoms with Crippen molar-refractivity contribution < 1.29 is 37.9 Å². The summed E-state index contributed by atoms with van der Waals surface area (Å²) in [5.74, 6) is -0.496. The average molecular weight is 592 g/mol. The summed E-state index contributed by atoms with van der Waals surface area (Å²) < 4.78 is 27.6. The smallest absolute Gasteiger partial charge is 0.410 e. The minimum absolute atomic E-state index is 0.000237. The molecule has 1 aliphatic heterocycles. The molecule has 2 aromatic carbocycles. The van der Waals surface area contributed by atoms with Gasteiger partial charge >= 0.3 is 18.2 Å². The zero-order valence-corrected chi connectivity index (χ0v) is 24.8. The molecule has 11 nitrogen and oxygen atoms in total. The van der Waals surface area contributed by atoms with Crippen molar-refractivity contribution in [3.05, 3.63) is 77.2 Å². The Bertz CT molecular complexity index is 1420. The molecule has 1 aromatic heterocycles. The van der Waals surface area contributed by atoms with E-state index in [2.05, 4.69) is 34.7 Å². The van der Waals surface area contributed by atoms with Crippen LogP contribution < -0.4 is 5.32 Å². The summed E-state index contributed by atoms with van der Waals surface area (Å²) in [5, 5.41) is 6.67. The number of esters is 1. The first-order chi connectivity index (χ1) is 20.6. The molecular formula is C32H37N3O8. The molecule has 5 rings (SSSR count). The van der Waals surface area contributed by atoms with Gasteiger partial charge < -0.3 is 28.8 Å². The number of carbonyl (C=O) groups excluding carboxylic acids is 3. The molecule has 0 spiro atoms. The van der Waals surface area contributed by atoms with Crippen LogP contribution in [0.15, 0.2) is 59.1 Å². The van der Waals surface area contributed by atoms with Gasteiger partial charge in [-0.3, -0.25) is 4.90 Å². The van der Waals surface area contributed by atoms with Gasteiger partial charge in [0.15, 0.2) is 11.5 Å². The fraction of sp³-hybridized carbons (Fsp3) is 0.438. The number of carbonyl (C=O) groups is 3. The highest BCUT2D eigenvalue weighted by Gasteiger charge is 2.38. The first-order valence-corrected chi connectivity index (χ1v) is 14.5. The van der Waals surface area contributed by atoms with Crippen LogP contribution in [0.1, 0.15) is 67.4 Å². The molecule has 1 aliphatic carbocycles. The van der Waals surface area contributed by atoms with Crippen LogP contribution in [0.2, 0.25) is 0 Å². The number of nitrogens with zero attached hydrogens (tertiary/aromatic N) is 2. The Hall–Kier alpha value is -4.38. The van der Waals surface area contributed by atoms with Crippen molar-refractivity contribution in [3.63, 3.8) is 0 Å². The zero-order chi connectivity index (χ0) is 30.6. The van der Waals surface area contributed by atoms with Crippen LogP contribution >= 0.6 is 0 Å². The summed E-state index contributed by atoms with van der Waals surface area (Å²) in [7, 11) is 0. The Labute approximate surface area is 250 Å². The van der Waals surface area contributed by atoms with E-state index in [1.807, 2.05) is 24.3 Å². The summed E-state index contributed by atoms with van der Waals surface area (Å²) >= 11 is 0. The quantitative estimate of drug-likeness (QED) is 0.275. The lowest BCUT2D eigenvalue weighted by Crippen LogP contribution is -2.58. The van der Waals surface area contributed by atoms with Crippen molar-refractivity contribution in [2.45, 2.75) is 64.3 Å². The molecule has 1 fully saturated rings. The van der Waals surface area contributed by atoms with E-state index in [1.54, 1.807) is 27.7 Å². The molecular weight excluding hydrogens is 554 g/mol. The second-order valence-corrected chi connectivity index (χ2v) is 11.5. The molecule has 43 heavy (non-hydrogen) atoms. The zero-order valence-electron chi connectivity index (χ0n) is 24.8. The van der Waals surface area contributed by atoms with E-state index in [0.29, 0.717) is 13.0 Å². The topological polar surface area (TPSA) is 129 Å². The van der Waals surface area contributed by atoms with Gasteiger partial charge in [-0.15, -0.1) is 0 Å². The minimum atomic E-state index is -0.703. The summed E-state index contributed by atoms with van der Waals surface area (Å²) in [6.45, 7) is 7.80. The van der Waals surface area contributed by atoms with Gasteiger partial charge in [-0.25, -0.2) is 14.4 Å². The fourth-order valence-electron chi connectivity index (χ4n) is 5.55. The van der Waals surface area contributed by atoms with Crippen molar-refractivity contribution in [1.82, 2.24) is 15.4 Å². The molecule has 3 aromatic rings. The third-order valence-electron chi connectivity index (χ3n) is 7.36. The van der Waals surface area contributed by atoms with Gasteiger partial charge in [0.1, 0.15) is 12.2 Å². The van der Waals surface area contributed by atoms with Gasteiger partial charge in [-0.1, -0.05) is 53.7 Å². The van der Waals surface area contributed by atoms with E-state index in [-0.39, 0.29) is 43.7 Å². The summed E-state index contributed by atoms with van der Waals surface area (Å²) in [4.78, 5) is 40.3. The van der Waals surface area contributed by atoms with Gasteiger partial charge in [0, 0.05) is 18.6 Å². The average Bonchev–Trinajstić information content (AvgIpc) is 3.57. The van der Waals surface area contributed by atoms with Gasteiger partial charge in [0.2, 0.25) is 0 Å². The largest absolute Gasteiger partial charge is 0.461 e. The monoisotopic (exact) mass is 591 g/mol. The van der Waals surface area contributed by atoms with Crippen LogP contribution in [0.3, 0.4) is 0 Å². The lowest BCUT2D eigenvalue weighted by molar-refractivity contribution is -0.00878. The van der Waals surface area contributed by atoms with Crippen LogP contribution in [-0.2, 0) is 25.5 Å². The lowest BCUT2D eigenvalue weighted by atomic mass is 9.98. The number of hydrogen-bond donors (Lipinski definition) is 1. The summed E-state index contributed by atoms with van der Waals surface area (Å²) in [6.07, 6.45) is -0.799. The van der Waals surface area contributed by atoms with Crippen molar-refractivity contribution in [3.8, 4) is 11.1 Å². The number of ether oxygens (including phenoxy) is 4. The van der Waals surface area contributed by atoms with Crippen LogP contribution in [-0.4, -0.2) is 72.3 Å². The predicted molar refractivity (Wildman–Crippen MR) is 155 cm³/mol. The number of aromatic nitrogens is 1. The van der Waals surface area contributed by atoms with Gasteiger partial charge in [0.05, 0.1) is 31.8 Å². The Balaban J connectivity index is 1.38. The van der Waals surface area contributed by atoms with E-state index in [1.165, 1.54) is 11.0 Å². The Morgan fingerprint density at radius 1 is 1.02 bits per heavy atom. The molecule has 1 N–H and O–H groups in total. The maximum atomic E-state index is 13.9. The first kappa shape index (κ1) is 30.1. The minimum Gasteiger partial charge on any atom is -0.461 e. The number of benzene rings is 2. The molecule has 1 saturated heterocycles. The standard InChI is InChI=1S/C32H37N3O8/c1-5-40-29(36)26-16-20(43-34-26)17-35(28-14-15-39-19-27(28)33-30(37)42-32(2,3)4)31(38)41-18-25-23-12-8-6-10-21(23)22-11-7-9-13-24(22)25/h6-13,16,25,27-28H,5,14-15,17-19H2,1-4H3,(H,33,37)/t27-,28+/m1/s1. The third kappa shape index (κ3) is 6.99. The molecule has 0 saturated carbocycles. The van der Waals surface area contributed by atoms with Gasteiger partial charge in [0.25, 0.3) is 0 Å². The number of rotatable bonds is 8. The van der Waals surface area contributed by atoms with Crippen LogP contribution in [0.25, 0.3) is 11.1 Å². The highest BCUT2D eigenvalue weighted by molar-refractivity contribution is 5.87. The molecule has 2 amide bonds. The third-order valence-corrected chi connectivity index (χ3v) is 7.36. The van der Waals surface area contributed by atoms with Crippen molar-refractivity contribution in [2.75, 3.05) is 26.4 Å². The summed E-state index contributed by atoms with van der Waals surface area (Å²) in [6, 6.07) is 16.5. The molecule has 2 heterocycles. The lowest BCUT2D eigenvalue weighted by Gasteiger charge is -2.39. The maximum absolute atomic E-state index is 13.9. The number of fused-ring (bicyclic) bond motifs is 3. The number of alkyl carbamates (subject to hydrolysis) is 1. The Morgan fingerprint density at radius 2 is 1.70 bits per heavy atom. The van der Waals surface area contributed by atoms with E-state index >= 15 is 0 Å². The van der Waals surface area contributed by atoms with Crippen molar-refractivity contribution >= 4 is 18.2 Å². The fourth-order valence-corrected chi connectivity index (χ4v) is 5.55. The Kier molecular flexibility index (Phi) is 9.00. The number of hydrogen-bond acceptors (Lipinski definition) is 9. The predicted octanol–water partition coefficient (Wildman–Crippen LogP) is 5.28. The number of nitrogens with one attached hydrogen (secondary N) is 1. The van der Waals surface area contributed by atoms with Crippen LogP contribution in [0.4, 0.5) is 9.59 Å². The van der Waals surface area contributed by atoms with Crippen LogP contribution in [0, 0.1) is 0 Å². The van der Waals surface area contributed by atoms with Crippen molar-refractivity contribution in [1.29, 1.82) is 0 Å². The van der Waals surface area contributed by atoms with Crippen molar-refractivity contribution in [2.24, 2.45) is 0 Å². The van der Waals surface area contributed by atoms with Crippen LogP contribution in [0.5, 0.6) is 0 Å². The molecule has 11 heteroatoms. The Morgan fingerprint density at radius 3 is 2.35 bits per heavy atom. The van der Waals surface area contributed by atoms with E-state index in [4.69, 9.17) is 23.5 Å². The van der Waals surface area contributed by atoms with E-state index < -0.39 is 35.8 Å². The highest BCUT2D eigenvalue weighted by atomic mass is 16.6. The second kappa shape index (κ2) is 12.9. The van der Waals surface area contributed by atoms with E-state index in [0.717, 1.165) is 22.3 Å². The highest BCUT2D eigenvalue weighted by Crippen LogP contribution is 2.44. The SMILES string of the molecule is CCOC(=O)c1cc(CN(C(=O)OCC2c3ccccc3-c3ccccc32)[C@H]2CCOC[C@H]2NC(=O)OC(C)(C)C)on1. The second-order valence-electron chi connectivity index (χ2n) is 11.5. The molecule has 0 unspecified atom stereocenters. The van der Waals surface area contributed by atoms with Gasteiger partial charge in [-0.05, 0) is 56.4 Å². The molecule has 0 bridgehead atoms. The normalized spacial score (nSPS) is 17.9. The van der Waals surface area contributed by atoms with Gasteiger partial charge in [-0.2, -0.15) is 0 Å². The maximum Gasteiger partial charge on any atom is 0.410 e. The number of amides is 2. The molecule has 0 radical (unpaired) electrons. The van der Waals surface area contributed by atoms with E-state index in [9.17, 15) is 14.4 Å².